The highest BCUT2D eigenvalue weighted by Crippen LogP contribution is 2.15. The first-order valence-corrected chi connectivity index (χ1v) is 8.65. The molecule has 25 heavy (non-hydrogen) atoms. The van der Waals surface area contributed by atoms with E-state index < -0.39 is 0 Å². The third kappa shape index (κ3) is 5.62. The summed E-state index contributed by atoms with van der Waals surface area (Å²) in [5.41, 5.74) is 2.01. The molecule has 6 nitrogen and oxygen atoms in total. The molecule has 0 saturated carbocycles. The molecule has 2 aromatic rings. The van der Waals surface area contributed by atoms with Gasteiger partial charge in [-0.15, -0.1) is 0 Å². The van der Waals surface area contributed by atoms with E-state index in [-0.39, 0.29) is 18.6 Å². The second kappa shape index (κ2) is 8.69. The van der Waals surface area contributed by atoms with Crippen molar-refractivity contribution in [2.45, 2.75) is 32.4 Å². The quantitative estimate of drug-likeness (QED) is 0.838. The maximum absolute atomic E-state index is 12.4. The van der Waals surface area contributed by atoms with Crippen LogP contribution in [0.1, 0.15) is 24.1 Å². The van der Waals surface area contributed by atoms with Crippen molar-refractivity contribution in [3.8, 4) is 0 Å². The van der Waals surface area contributed by atoms with Gasteiger partial charge in [-0.3, -0.25) is 14.7 Å². The Kier molecular flexibility index (Phi) is 6.09. The zero-order valence-corrected chi connectivity index (χ0v) is 14.5. The van der Waals surface area contributed by atoms with Gasteiger partial charge in [-0.1, -0.05) is 12.1 Å². The Morgan fingerprint density at radius 2 is 2.24 bits per heavy atom. The van der Waals surface area contributed by atoms with Gasteiger partial charge in [0.1, 0.15) is 5.82 Å². The van der Waals surface area contributed by atoms with Crippen molar-refractivity contribution in [1.82, 2.24) is 14.9 Å². The van der Waals surface area contributed by atoms with Crippen LogP contribution in [-0.4, -0.2) is 46.6 Å². The third-order valence-corrected chi connectivity index (χ3v) is 4.14. The maximum Gasteiger partial charge on any atom is 0.239 e. The molecule has 1 aliphatic heterocycles. The molecule has 2 aromatic heterocycles. The van der Waals surface area contributed by atoms with E-state index in [2.05, 4.69) is 20.2 Å². The van der Waals surface area contributed by atoms with Crippen LogP contribution in [0.25, 0.3) is 0 Å². The normalized spacial score (nSPS) is 17.0. The van der Waals surface area contributed by atoms with Gasteiger partial charge >= 0.3 is 0 Å². The van der Waals surface area contributed by atoms with Crippen LogP contribution in [0, 0.1) is 6.92 Å². The summed E-state index contributed by atoms with van der Waals surface area (Å²) in [5.74, 6) is 0.496. The topological polar surface area (TPSA) is 67.4 Å². The van der Waals surface area contributed by atoms with E-state index in [0.717, 1.165) is 37.3 Å². The Bertz CT molecular complexity index is 670. The summed E-state index contributed by atoms with van der Waals surface area (Å²) in [5, 5.41) is 2.86. The zero-order valence-electron chi connectivity index (χ0n) is 14.5. The van der Waals surface area contributed by atoms with E-state index >= 15 is 0 Å². The van der Waals surface area contributed by atoms with Gasteiger partial charge in [-0.05, 0) is 43.5 Å². The number of amides is 1. The van der Waals surface area contributed by atoms with Crippen LogP contribution in [-0.2, 0) is 16.1 Å². The van der Waals surface area contributed by atoms with Crippen LogP contribution >= 0.6 is 0 Å². The smallest absolute Gasteiger partial charge is 0.239 e. The molecule has 1 aliphatic rings. The number of anilines is 1. The minimum Gasteiger partial charge on any atom is -0.377 e. The Morgan fingerprint density at radius 3 is 2.92 bits per heavy atom. The minimum absolute atomic E-state index is 0.0784. The summed E-state index contributed by atoms with van der Waals surface area (Å²) < 4.78 is 5.73. The number of carbonyl (C=O) groups is 1. The molecular formula is C19H24N4O2. The summed E-state index contributed by atoms with van der Waals surface area (Å²) in [6.07, 6.45) is 5.83. The summed E-state index contributed by atoms with van der Waals surface area (Å²) >= 11 is 0. The van der Waals surface area contributed by atoms with E-state index in [4.69, 9.17) is 4.74 Å². The van der Waals surface area contributed by atoms with Crippen LogP contribution < -0.4 is 5.32 Å². The van der Waals surface area contributed by atoms with Crippen LogP contribution in [0.4, 0.5) is 5.82 Å². The first kappa shape index (κ1) is 17.5. The number of hydrogen-bond acceptors (Lipinski definition) is 5. The van der Waals surface area contributed by atoms with Gasteiger partial charge in [0.2, 0.25) is 5.91 Å². The molecule has 132 valence electrons. The molecule has 3 heterocycles. The number of ether oxygens (including phenoxy) is 1. The van der Waals surface area contributed by atoms with Crippen LogP contribution in [0.5, 0.6) is 0 Å². The van der Waals surface area contributed by atoms with Crippen molar-refractivity contribution < 1.29 is 9.53 Å². The van der Waals surface area contributed by atoms with Gasteiger partial charge in [0, 0.05) is 32.1 Å². The zero-order chi connectivity index (χ0) is 17.5. The highest BCUT2D eigenvalue weighted by atomic mass is 16.5. The minimum atomic E-state index is -0.0784. The molecular weight excluding hydrogens is 316 g/mol. The van der Waals surface area contributed by atoms with Gasteiger partial charge < -0.3 is 10.1 Å². The molecule has 0 unspecified atom stereocenters. The molecule has 1 fully saturated rings. The molecule has 3 rings (SSSR count). The fourth-order valence-corrected chi connectivity index (χ4v) is 2.91. The number of aromatic nitrogens is 2. The lowest BCUT2D eigenvalue weighted by atomic mass is 10.2. The Hall–Kier alpha value is -2.31. The molecule has 0 aliphatic carbocycles. The average molecular weight is 340 g/mol. The second-order valence-electron chi connectivity index (χ2n) is 6.39. The number of carbonyl (C=O) groups excluding carboxylic acids is 1. The second-order valence-corrected chi connectivity index (χ2v) is 6.39. The van der Waals surface area contributed by atoms with Crippen LogP contribution in [0.3, 0.4) is 0 Å². The number of hydrogen-bond donors (Lipinski definition) is 1. The lowest BCUT2D eigenvalue weighted by molar-refractivity contribution is -0.117. The molecule has 6 heteroatoms. The predicted octanol–water partition coefficient (Wildman–Crippen LogP) is 2.40. The van der Waals surface area contributed by atoms with Crippen molar-refractivity contribution >= 4 is 11.7 Å². The molecule has 0 radical (unpaired) electrons. The number of aryl methyl sites for hydroxylation is 1. The SMILES string of the molecule is Cc1ccc(NC(=O)CN(Cc2ccccn2)C[C@H]2CCCO2)nc1. The fourth-order valence-electron chi connectivity index (χ4n) is 2.91. The van der Waals surface area contributed by atoms with Gasteiger partial charge in [-0.25, -0.2) is 4.98 Å². The molecule has 1 amide bonds. The lowest BCUT2D eigenvalue weighted by Crippen LogP contribution is -2.38. The number of nitrogens with one attached hydrogen (secondary N) is 1. The summed E-state index contributed by atoms with van der Waals surface area (Å²) in [4.78, 5) is 23.1. The Morgan fingerprint density at radius 1 is 1.32 bits per heavy atom. The van der Waals surface area contributed by atoms with E-state index in [0.29, 0.717) is 12.4 Å². The van der Waals surface area contributed by atoms with Crippen molar-refractivity contribution in [3.05, 3.63) is 54.0 Å². The largest absolute Gasteiger partial charge is 0.377 e. The summed E-state index contributed by atoms with van der Waals surface area (Å²) in [6, 6.07) is 9.57. The number of rotatable bonds is 7. The van der Waals surface area contributed by atoms with E-state index in [1.54, 1.807) is 12.4 Å². The van der Waals surface area contributed by atoms with Gasteiger partial charge in [0.25, 0.3) is 0 Å². The first-order valence-electron chi connectivity index (χ1n) is 8.65. The van der Waals surface area contributed by atoms with Crippen molar-refractivity contribution in [2.75, 3.05) is 25.0 Å². The van der Waals surface area contributed by atoms with E-state index in [9.17, 15) is 4.79 Å². The van der Waals surface area contributed by atoms with Gasteiger partial charge in [0.05, 0.1) is 18.3 Å². The Balaban J connectivity index is 1.61. The van der Waals surface area contributed by atoms with Crippen LogP contribution in [0.2, 0.25) is 0 Å². The molecule has 1 saturated heterocycles. The lowest BCUT2D eigenvalue weighted by Gasteiger charge is -2.24. The number of nitrogens with zero attached hydrogens (tertiary/aromatic N) is 3. The van der Waals surface area contributed by atoms with Gasteiger partial charge in [0.15, 0.2) is 0 Å². The fraction of sp³-hybridized carbons (Fsp3) is 0.421. The third-order valence-electron chi connectivity index (χ3n) is 4.14. The summed E-state index contributed by atoms with van der Waals surface area (Å²) in [6.45, 7) is 4.41. The molecule has 0 spiro atoms. The monoisotopic (exact) mass is 340 g/mol. The van der Waals surface area contributed by atoms with E-state index in [1.807, 2.05) is 37.3 Å². The molecule has 1 atom stereocenters. The molecule has 1 N–H and O–H groups in total. The Labute approximate surface area is 148 Å². The van der Waals surface area contributed by atoms with Crippen molar-refractivity contribution in [2.24, 2.45) is 0 Å². The standard InChI is InChI=1S/C19H24N4O2/c1-15-7-8-18(21-11-15)22-19(24)14-23(13-17-6-4-10-25-17)12-16-5-2-3-9-20-16/h2-3,5,7-9,11,17H,4,6,10,12-14H2,1H3,(H,21,22,24)/t17-/m1/s1. The highest BCUT2D eigenvalue weighted by molar-refractivity contribution is 5.91. The first-order chi connectivity index (χ1) is 12.2. The van der Waals surface area contributed by atoms with Crippen LogP contribution in [0.15, 0.2) is 42.7 Å². The predicted molar refractivity (Wildman–Crippen MR) is 96.1 cm³/mol. The molecule has 0 aromatic carbocycles. The van der Waals surface area contributed by atoms with Gasteiger partial charge in [-0.2, -0.15) is 0 Å². The maximum atomic E-state index is 12.4. The van der Waals surface area contributed by atoms with Crippen molar-refractivity contribution in [1.29, 1.82) is 0 Å². The average Bonchev–Trinajstić information content (AvgIpc) is 3.11. The van der Waals surface area contributed by atoms with E-state index in [1.165, 1.54) is 0 Å². The number of pyridine rings is 2. The van der Waals surface area contributed by atoms with Crippen molar-refractivity contribution in [3.63, 3.8) is 0 Å². The summed E-state index contributed by atoms with van der Waals surface area (Å²) in [7, 11) is 0. The highest BCUT2D eigenvalue weighted by Gasteiger charge is 2.21. The molecule has 0 bridgehead atoms.